The number of rotatable bonds is 5. The summed E-state index contributed by atoms with van der Waals surface area (Å²) in [6.07, 6.45) is 3.89. The number of hydrogen-bond acceptors (Lipinski definition) is 4. The van der Waals surface area contributed by atoms with E-state index in [1.165, 1.54) is 11.8 Å². The Hall–Kier alpha value is -0.270. The molecule has 1 aliphatic heterocycles. The molecule has 0 aliphatic carbocycles. The first kappa shape index (κ1) is 18.8. The average molecular weight is 351 g/mol. The molecular formula is C14H23ClN2O2S2. The SMILES string of the molecule is CSc1ccccc1S(=O)(=O)NCC1(C)CCNCC1.Cl. The van der Waals surface area contributed by atoms with Gasteiger partial charge in [0.15, 0.2) is 0 Å². The van der Waals surface area contributed by atoms with Gasteiger partial charge in [0.2, 0.25) is 10.0 Å². The molecule has 1 aliphatic rings. The van der Waals surface area contributed by atoms with Crippen molar-refractivity contribution in [2.75, 3.05) is 25.9 Å². The molecule has 1 heterocycles. The molecule has 2 rings (SSSR count). The summed E-state index contributed by atoms with van der Waals surface area (Å²) in [6.45, 7) is 4.57. The number of piperidine rings is 1. The van der Waals surface area contributed by atoms with Crippen LogP contribution in [-0.4, -0.2) is 34.3 Å². The third-order valence-corrected chi connectivity index (χ3v) is 6.24. The van der Waals surface area contributed by atoms with Crippen LogP contribution < -0.4 is 10.0 Å². The van der Waals surface area contributed by atoms with E-state index in [9.17, 15) is 8.42 Å². The molecule has 0 atom stereocenters. The van der Waals surface area contributed by atoms with Crippen molar-refractivity contribution in [1.29, 1.82) is 0 Å². The lowest BCUT2D eigenvalue weighted by atomic mass is 9.81. The molecule has 0 aromatic heterocycles. The van der Waals surface area contributed by atoms with Crippen LogP contribution in [0.1, 0.15) is 19.8 Å². The van der Waals surface area contributed by atoms with Gasteiger partial charge in [-0.3, -0.25) is 0 Å². The first-order valence-electron chi connectivity index (χ1n) is 6.80. The molecule has 7 heteroatoms. The summed E-state index contributed by atoms with van der Waals surface area (Å²) in [4.78, 5) is 1.17. The van der Waals surface area contributed by atoms with Gasteiger partial charge < -0.3 is 5.32 Å². The zero-order valence-corrected chi connectivity index (χ0v) is 14.8. The van der Waals surface area contributed by atoms with Crippen molar-refractivity contribution in [2.24, 2.45) is 5.41 Å². The summed E-state index contributed by atoms with van der Waals surface area (Å²) < 4.78 is 27.7. The van der Waals surface area contributed by atoms with Crippen LogP contribution in [0.3, 0.4) is 0 Å². The zero-order valence-electron chi connectivity index (χ0n) is 12.4. The minimum Gasteiger partial charge on any atom is -0.317 e. The molecule has 1 aromatic rings. The second-order valence-electron chi connectivity index (χ2n) is 5.54. The van der Waals surface area contributed by atoms with E-state index >= 15 is 0 Å². The van der Waals surface area contributed by atoms with Crippen LogP contribution in [0.5, 0.6) is 0 Å². The maximum absolute atomic E-state index is 12.5. The smallest absolute Gasteiger partial charge is 0.241 e. The van der Waals surface area contributed by atoms with Crippen LogP contribution in [0.25, 0.3) is 0 Å². The molecular weight excluding hydrogens is 328 g/mol. The summed E-state index contributed by atoms with van der Waals surface area (Å²) in [5.74, 6) is 0. The average Bonchev–Trinajstić information content (AvgIpc) is 2.46. The van der Waals surface area contributed by atoms with E-state index < -0.39 is 10.0 Å². The molecule has 1 aromatic carbocycles. The van der Waals surface area contributed by atoms with Crippen molar-refractivity contribution in [3.63, 3.8) is 0 Å². The van der Waals surface area contributed by atoms with Crippen molar-refractivity contribution < 1.29 is 8.42 Å². The van der Waals surface area contributed by atoms with E-state index in [1.54, 1.807) is 12.1 Å². The highest BCUT2D eigenvalue weighted by Crippen LogP contribution is 2.28. The van der Waals surface area contributed by atoms with E-state index in [4.69, 9.17) is 0 Å². The lowest BCUT2D eigenvalue weighted by Gasteiger charge is -2.34. The van der Waals surface area contributed by atoms with Crippen LogP contribution in [0.4, 0.5) is 0 Å². The predicted octanol–water partition coefficient (Wildman–Crippen LogP) is 2.50. The maximum atomic E-state index is 12.5. The molecule has 1 saturated heterocycles. The van der Waals surface area contributed by atoms with Crippen molar-refractivity contribution in [3.8, 4) is 0 Å². The molecule has 2 N–H and O–H groups in total. The normalized spacial score (nSPS) is 18.0. The minimum absolute atomic E-state index is 0. The molecule has 1 fully saturated rings. The Kier molecular flexibility index (Phi) is 7.00. The Bertz CT molecular complexity index is 558. The van der Waals surface area contributed by atoms with E-state index in [0.29, 0.717) is 11.4 Å². The van der Waals surface area contributed by atoms with E-state index in [1.807, 2.05) is 18.4 Å². The lowest BCUT2D eigenvalue weighted by molar-refractivity contribution is 0.232. The van der Waals surface area contributed by atoms with Gasteiger partial charge in [0.1, 0.15) is 0 Å². The topological polar surface area (TPSA) is 58.2 Å². The van der Waals surface area contributed by atoms with E-state index in [0.717, 1.165) is 30.8 Å². The third kappa shape index (κ3) is 4.86. The van der Waals surface area contributed by atoms with Crippen LogP contribution in [0.2, 0.25) is 0 Å². The van der Waals surface area contributed by atoms with E-state index in [2.05, 4.69) is 17.0 Å². The number of benzene rings is 1. The first-order chi connectivity index (χ1) is 9.47. The van der Waals surface area contributed by atoms with Crippen molar-refractivity contribution in [2.45, 2.75) is 29.6 Å². The standard InChI is InChI=1S/C14H22N2O2S2.ClH/c1-14(7-9-15-10-8-14)11-16-20(17,18)13-6-4-3-5-12(13)19-2;/h3-6,15-16H,7-11H2,1-2H3;1H. The molecule has 21 heavy (non-hydrogen) atoms. The third-order valence-electron chi connectivity index (χ3n) is 3.86. The van der Waals surface area contributed by atoms with Crippen LogP contribution in [0.15, 0.2) is 34.1 Å². The summed E-state index contributed by atoms with van der Waals surface area (Å²) in [7, 11) is -3.43. The Morgan fingerprint density at radius 3 is 2.52 bits per heavy atom. The summed E-state index contributed by atoms with van der Waals surface area (Å²) in [5.41, 5.74) is 0.0482. The quantitative estimate of drug-likeness (QED) is 0.801. The molecule has 0 saturated carbocycles. The first-order valence-corrected chi connectivity index (χ1v) is 9.51. The number of sulfonamides is 1. The lowest BCUT2D eigenvalue weighted by Crippen LogP contribution is -2.42. The fourth-order valence-electron chi connectivity index (χ4n) is 2.39. The minimum atomic E-state index is -3.43. The van der Waals surface area contributed by atoms with Gasteiger partial charge in [-0.1, -0.05) is 19.1 Å². The predicted molar refractivity (Wildman–Crippen MR) is 90.9 cm³/mol. The van der Waals surface area contributed by atoms with E-state index in [-0.39, 0.29) is 17.8 Å². The number of thioether (sulfide) groups is 1. The van der Waals surface area contributed by atoms with Gasteiger partial charge in [-0.25, -0.2) is 13.1 Å². The van der Waals surface area contributed by atoms with Crippen LogP contribution in [-0.2, 0) is 10.0 Å². The number of halogens is 1. The Morgan fingerprint density at radius 1 is 1.29 bits per heavy atom. The Labute approximate surface area is 137 Å². The monoisotopic (exact) mass is 350 g/mol. The largest absolute Gasteiger partial charge is 0.317 e. The fourth-order valence-corrected chi connectivity index (χ4v) is 4.74. The molecule has 4 nitrogen and oxygen atoms in total. The van der Waals surface area contributed by atoms with Gasteiger partial charge in [0.05, 0.1) is 4.90 Å². The molecule has 120 valence electrons. The van der Waals surface area contributed by atoms with Crippen LogP contribution in [0, 0.1) is 5.41 Å². The van der Waals surface area contributed by atoms with Gasteiger partial charge in [-0.15, -0.1) is 24.2 Å². The highest BCUT2D eigenvalue weighted by molar-refractivity contribution is 7.99. The van der Waals surface area contributed by atoms with Crippen molar-refractivity contribution >= 4 is 34.2 Å². The maximum Gasteiger partial charge on any atom is 0.241 e. The highest BCUT2D eigenvalue weighted by Gasteiger charge is 2.29. The van der Waals surface area contributed by atoms with Gasteiger partial charge in [-0.2, -0.15) is 0 Å². The zero-order chi connectivity index (χ0) is 14.6. The molecule has 0 unspecified atom stereocenters. The molecule has 0 radical (unpaired) electrons. The summed E-state index contributed by atoms with van der Waals surface area (Å²) in [5, 5.41) is 3.31. The fraction of sp³-hybridized carbons (Fsp3) is 0.571. The van der Waals surface area contributed by atoms with Crippen molar-refractivity contribution in [1.82, 2.24) is 10.0 Å². The number of nitrogens with one attached hydrogen (secondary N) is 2. The summed E-state index contributed by atoms with van der Waals surface area (Å²) >= 11 is 1.45. The van der Waals surface area contributed by atoms with Gasteiger partial charge in [0.25, 0.3) is 0 Å². The molecule has 0 bridgehead atoms. The Morgan fingerprint density at radius 2 is 1.90 bits per heavy atom. The second-order valence-corrected chi connectivity index (χ2v) is 8.12. The summed E-state index contributed by atoms with van der Waals surface area (Å²) in [6, 6.07) is 7.13. The second kappa shape index (κ2) is 7.83. The molecule has 0 spiro atoms. The van der Waals surface area contributed by atoms with Gasteiger partial charge in [-0.05, 0) is 49.7 Å². The highest BCUT2D eigenvalue weighted by atomic mass is 35.5. The van der Waals surface area contributed by atoms with Crippen LogP contribution >= 0.6 is 24.2 Å². The van der Waals surface area contributed by atoms with Gasteiger partial charge in [0, 0.05) is 11.4 Å². The number of hydrogen-bond donors (Lipinski definition) is 2. The van der Waals surface area contributed by atoms with Crippen molar-refractivity contribution in [3.05, 3.63) is 24.3 Å². The Balaban J connectivity index is 0.00000220. The molecule has 0 amide bonds. The van der Waals surface area contributed by atoms with Gasteiger partial charge >= 0.3 is 0 Å².